The van der Waals surface area contributed by atoms with Gasteiger partial charge in [0, 0.05) is 24.5 Å². The normalized spacial score (nSPS) is 19.2. The number of rotatable bonds is 3. The maximum Gasteiger partial charge on any atom is 0.195 e. The van der Waals surface area contributed by atoms with Gasteiger partial charge in [-0.15, -0.1) is 11.3 Å². The molecule has 0 bridgehead atoms. The number of ether oxygens (including phenoxy) is 1. The summed E-state index contributed by atoms with van der Waals surface area (Å²) in [5.74, 6) is 1.07. The van der Waals surface area contributed by atoms with Gasteiger partial charge in [0.15, 0.2) is 10.8 Å². The average Bonchev–Trinajstić information content (AvgIpc) is 2.92. The number of thiazole rings is 1. The monoisotopic (exact) mass is 280 g/mol. The average molecular weight is 280 g/mol. The number of imidazole rings is 1. The number of nitrogens with two attached hydrogens (primary N) is 1. The molecule has 0 amide bonds. The zero-order valence-corrected chi connectivity index (χ0v) is 12.2. The summed E-state index contributed by atoms with van der Waals surface area (Å²) in [4.78, 5) is 8.21. The minimum Gasteiger partial charge on any atom is -0.377 e. The number of morpholine rings is 1. The molecule has 0 aromatic carbocycles. The molecular formula is C13H20N4OS. The van der Waals surface area contributed by atoms with Gasteiger partial charge in [0.05, 0.1) is 24.4 Å². The van der Waals surface area contributed by atoms with E-state index in [9.17, 15) is 0 Å². The van der Waals surface area contributed by atoms with E-state index in [0.29, 0.717) is 6.54 Å². The van der Waals surface area contributed by atoms with Crippen LogP contribution >= 0.6 is 11.3 Å². The number of hydrogen-bond acceptors (Lipinski definition) is 5. The van der Waals surface area contributed by atoms with Crippen molar-refractivity contribution in [3.8, 4) is 0 Å². The van der Waals surface area contributed by atoms with E-state index in [4.69, 9.17) is 15.5 Å². The zero-order chi connectivity index (χ0) is 13.5. The molecular weight excluding hydrogens is 260 g/mol. The van der Waals surface area contributed by atoms with Crippen LogP contribution in [-0.2, 0) is 11.2 Å². The van der Waals surface area contributed by atoms with Gasteiger partial charge in [-0.2, -0.15) is 0 Å². The van der Waals surface area contributed by atoms with Crippen LogP contribution in [0, 0.1) is 0 Å². The Morgan fingerprint density at radius 2 is 2.37 bits per heavy atom. The molecule has 2 N–H and O–H groups in total. The van der Waals surface area contributed by atoms with E-state index in [-0.39, 0.29) is 5.54 Å². The summed E-state index contributed by atoms with van der Waals surface area (Å²) in [7, 11) is 0. The van der Waals surface area contributed by atoms with Gasteiger partial charge in [-0.05, 0) is 20.4 Å². The molecule has 5 nitrogen and oxygen atoms in total. The lowest BCUT2D eigenvalue weighted by Crippen LogP contribution is -2.53. The van der Waals surface area contributed by atoms with E-state index in [2.05, 4.69) is 34.7 Å². The van der Waals surface area contributed by atoms with Crippen LogP contribution in [0.4, 0.5) is 5.82 Å². The predicted octanol–water partition coefficient (Wildman–Crippen LogP) is 1.51. The fourth-order valence-corrected chi connectivity index (χ4v) is 3.39. The standard InChI is InChI=1S/C13H20N4OS/c1-13(2)9-18-7-5-17(13)11-10(3-4-14)16-6-8-19-12(16)15-11/h6,8H,3-5,7,9,14H2,1-2H3. The molecule has 19 heavy (non-hydrogen) atoms. The lowest BCUT2D eigenvalue weighted by molar-refractivity contribution is 0.0638. The Labute approximate surface area is 117 Å². The molecule has 0 aliphatic carbocycles. The van der Waals surface area contributed by atoms with Crippen LogP contribution < -0.4 is 10.6 Å². The van der Waals surface area contributed by atoms with Gasteiger partial charge < -0.3 is 15.4 Å². The lowest BCUT2D eigenvalue weighted by Gasteiger charge is -2.42. The number of anilines is 1. The van der Waals surface area contributed by atoms with Gasteiger partial charge >= 0.3 is 0 Å². The van der Waals surface area contributed by atoms with Crippen molar-refractivity contribution < 1.29 is 4.74 Å². The van der Waals surface area contributed by atoms with E-state index in [1.807, 2.05) is 0 Å². The minimum atomic E-state index is -0.0222. The van der Waals surface area contributed by atoms with Crippen LogP contribution in [0.5, 0.6) is 0 Å². The maximum absolute atomic E-state index is 5.76. The van der Waals surface area contributed by atoms with Crippen molar-refractivity contribution in [1.82, 2.24) is 9.38 Å². The SMILES string of the molecule is CC1(C)COCCN1c1nc2sccn2c1CCN. The van der Waals surface area contributed by atoms with Crippen LogP contribution in [0.15, 0.2) is 11.6 Å². The van der Waals surface area contributed by atoms with Crippen LogP contribution in [0.25, 0.3) is 4.96 Å². The molecule has 104 valence electrons. The molecule has 0 unspecified atom stereocenters. The molecule has 3 rings (SSSR count). The van der Waals surface area contributed by atoms with Gasteiger partial charge in [0.2, 0.25) is 0 Å². The molecule has 0 spiro atoms. The Hall–Kier alpha value is -1.11. The van der Waals surface area contributed by atoms with Crippen molar-refractivity contribution in [1.29, 1.82) is 0 Å². The number of hydrogen-bond donors (Lipinski definition) is 1. The Morgan fingerprint density at radius 1 is 1.53 bits per heavy atom. The van der Waals surface area contributed by atoms with Crippen molar-refractivity contribution >= 4 is 22.1 Å². The molecule has 6 heteroatoms. The van der Waals surface area contributed by atoms with Crippen molar-refractivity contribution in [3.63, 3.8) is 0 Å². The fraction of sp³-hybridized carbons (Fsp3) is 0.615. The van der Waals surface area contributed by atoms with Crippen molar-refractivity contribution in [2.75, 3.05) is 31.2 Å². The highest BCUT2D eigenvalue weighted by Crippen LogP contribution is 2.31. The lowest BCUT2D eigenvalue weighted by atomic mass is 10.0. The third-order valence-corrected chi connectivity index (χ3v) is 4.38. The minimum absolute atomic E-state index is 0.0222. The van der Waals surface area contributed by atoms with E-state index >= 15 is 0 Å². The molecule has 1 saturated heterocycles. The van der Waals surface area contributed by atoms with Crippen LogP contribution in [0.1, 0.15) is 19.5 Å². The fourth-order valence-electron chi connectivity index (χ4n) is 2.66. The zero-order valence-electron chi connectivity index (χ0n) is 11.4. The van der Waals surface area contributed by atoms with Crippen molar-refractivity contribution in [2.45, 2.75) is 25.8 Å². The summed E-state index contributed by atoms with van der Waals surface area (Å²) in [5, 5.41) is 2.07. The summed E-state index contributed by atoms with van der Waals surface area (Å²) in [6.07, 6.45) is 2.93. The van der Waals surface area contributed by atoms with Gasteiger partial charge in [-0.1, -0.05) is 0 Å². The van der Waals surface area contributed by atoms with E-state index < -0.39 is 0 Å². The second kappa shape index (κ2) is 4.77. The van der Waals surface area contributed by atoms with Gasteiger partial charge in [0.1, 0.15) is 0 Å². The Morgan fingerprint density at radius 3 is 3.11 bits per heavy atom. The molecule has 2 aromatic heterocycles. The first kappa shape index (κ1) is 12.9. The van der Waals surface area contributed by atoms with E-state index in [1.54, 1.807) is 11.3 Å². The summed E-state index contributed by atoms with van der Waals surface area (Å²) >= 11 is 1.67. The largest absolute Gasteiger partial charge is 0.377 e. The van der Waals surface area contributed by atoms with E-state index in [0.717, 1.165) is 37.0 Å². The summed E-state index contributed by atoms with van der Waals surface area (Å²) in [6, 6.07) is 0. The quantitative estimate of drug-likeness (QED) is 0.926. The Kier molecular flexibility index (Phi) is 3.24. The molecule has 3 heterocycles. The summed E-state index contributed by atoms with van der Waals surface area (Å²) < 4.78 is 7.76. The molecule has 2 aromatic rings. The third-order valence-electron chi connectivity index (χ3n) is 3.62. The van der Waals surface area contributed by atoms with Gasteiger partial charge in [0.25, 0.3) is 0 Å². The number of nitrogens with zero attached hydrogens (tertiary/aromatic N) is 3. The van der Waals surface area contributed by atoms with Gasteiger partial charge in [-0.3, -0.25) is 4.40 Å². The topological polar surface area (TPSA) is 55.8 Å². The molecule has 1 aliphatic rings. The summed E-state index contributed by atoms with van der Waals surface area (Å²) in [6.45, 7) is 7.42. The third kappa shape index (κ3) is 2.13. The highest BCUT2D eigenvalue weighted by atomic mass is 32.1. The second-order valence-corrected chi connectivity index (χ2v) is 6.37. The van der Waals surface area contributed by atoms with E-state index in [1.165, 1.54) is 5.69 Å². The Bertz CT molecular complexity index is 574. The first-order valence-corrected chi connectivity index (χ1v) is 7.51. The van der Waals surface area contributed by atoms with Gasteiger partial charge in [-0.25, -0.2) is 4.98 Å². The number of fused-ring (bicyclic) bond motifs is 1. The highest BCUT2D eigenvalue weighted by Gasteiger charge is 2.34. The smallest absolute Gasteiger partial charge is 0.195 e. The molecule has 1 fully saturated rings. The highest BCUT2D eigenvalue weighted by molar-refractivity contribution is 7.15. The Balaban J connectivity index is 2.07. The molecule has 0 radical (unpaired) electrons. The molecule has 1 aliphatic heterocycles. The number of aromatic nitrogens is 2. The second-order valence-electron chi connectivity index (χ2n) is 5.49. The van der Waals surface area contributed by atoms with Crippen LogP contribution in [0.2, 0.25) is 0 Å². The van der Waals surface area contributed by atoms with Crippen molar-refractivity contribution in [3.05, 3.63) is 17.3 Å². The predicted molar refractivity (Wildman–Crippen MR) is 78.1 cm³/mol. The maximum atomic E-state index is 5.76. The molecule has 0 atom stereocenters. The molecule has 0 saturated carbocycles. The first-order valence-electron chi connectivity index (χ1n) is 6.63. The van der Waals surface area contributed by atoms with Crippen LogP contribution in [-0.4, -0.2) is 41.2 Å². The van der Waals surface area contributed by atoms with Crippen molar-refractivity contribution in [2.24, 2.45) is 5.73 Å². The first-order chi connectivity index (χ1) is 9.13. The summed E-state index contributed by atoms with van der Waals surface area (Å²) in [5.41, 5.74) is 6.96. The van der Waals surface area contributed by atoms with Crippen LogP contribution in [0.3, 0.4) is 0 Å².